The smallest absolute Gasteiger partial charge is 0.267 e. The fraction of sp³-hybridized carbons (Fsp3) is 0.250. The topological polar surface area (TPSA) is 85.2 Å². The van der Waals surface area contributed by atoms with Gasteiger partial charge in [0.1, 0.15) is 15.8 Å². The minimum Gasteiger partial charge on any atom is -0.454 e. The predicted octanol–water partition coefficient (Wildman–Crippen LogP) is 4.04. The van der Waals surface area contributed by atoms with Gasteiger partial charge < -0.3 is 14.8 Å². The molecular formula is C24H22N4O4S2. The molecule has 1 N–H and O–H groups in total. The number of aromatic nitrogens is 2. The summed E-state index contributed by atoms with van der Waals surface area (Å²) in [6.07, 6.45) is 4.04. The molecule has 1 fully saturated rings. The number of hydrogen-bond donors (Lipinski definition) is 1. The van der Waals surface area contributed by atoms with E-state index in [2.05, 4.69) is 10.3 Å². The maximum absolute atomic E-state index is 13.4. The van der Waals surface area contributed by atoms with E-state index in [0.29, 0.717) is 44.3 Å². The van der Waals surface area contributed by atoms with Crippen LogP contribution in [0.2, 0.25) is 0 Å². The van der Waals surface area contributed by atoms with Gasteiger partial charge in [-0.3, -0.25) is 18.9 Å². The van der Waals surface area contributed by atoms with Crippen LogP contribution in [-0.4, -0.2) is 37.3 Å². The van der Waals surface area contributed by atoms with E-state index in [1.807, 2.05) is 38.1 Å². The molecule has 34 heavy (non-hydrogen) atoms. The van der Waals surface area contributed by atoms with Crippen LogP contribution in [0.15, 0.2) is 52.3 Å². The minimum absolute atomic E-state index is 0.0159. The molecule has 174 valence electrons. The van der Waals surface area contributed by atoms with E-state index < -0.39 is 0 Å². The van der Waals surface area contributed by atoms with Crippen molar-refractivity contribution in [3.8, 4) is 11.5 Å². The molecule has 2 aromatic heterocycles. The van der Waals surface area contributed by atoms with E-state index >= 15 is 0 Å². The van der Waals surface area contributed by atoms with Crippen LogP contribution in [0.1, 0.15) is 31.4 Å². The lowest BCUT2D eigenvalue weighted by Crippen LogP contribution is -2.36. The van der Waals surface area contributed by atoms with E-state index in [1.54, 1.807) is 29.3 Å². The number of pyridine rings is 1. The summed E-state index contributed by atoms with van der Waals surface area (Å²) in [5, 5.41) is 3.27. The third-order valence-corrected chi connectivity index (χ3v) is 7.13. The summed E-state index contributed by atoms with van der Waals surface area (Å²) < 4.78 is 12.8. The van der Waals surface area contributed by atoms with Crippen LogP contribution in [0, 0.1) is 0 Å². The SMILES string of the molecule is CC[C@@H](C)N1C(=O)/C(=C/c2c(NCc3ccc4c(c3)OCO4)nc3ccccn3c2=O)SC1=S. The summed E-state index contributed by atoms with van der Waals surface area (Å²) in [7, 11) is 0. The Morgan fingerprint density at radius 3 is 2.88 bits per heavy atom. The summed E-state index contributed by atoms with van der Waals surface area (Å²) in [6.45, 7) is 4.57. The quantitative estimate of drug-likeness (QED) is 0.406. The van der Waals surface area contributed by atoms with Crippen LogP contribution < -0.4 is 20.3 Å². The Labute approximate surface area is 205 Å². The number of amides is 1. The van der Waals surface area contributed by atoms with Crippen LogP contribution in [0.5, 0.6) is 11.5 Å². The number of rotatable bonds is 6. The van der Waals surface area contributed by atoms with Gasteiger partial charge >= 0.3 is 0 Å². The van der Waals surface area contributed by atoms with Gasteiger partial charge in [0, 0.05) is 18.8 Å². The van der Waals surface area contributed by atoms with Gasteiger partial charge in [-0.2, -0.15) is 0 Å². The highest BCUT2D eigenvalue weighted by Gasteiger charge is 2.35. The van der Waals surface area contributed by atoms with E-state index in [-0.39, 0.29) is 24.3 Å². The number of carbonyl (C=O) groups is 1. The highest BCUT2D eigenvalue weighted by atomic mass is 32.2. The molecule has 0 unspecified atom stereocenters. The molecule has 2 aliphatic heterocycles. The Bertz CT molecular complexity index is 1400. The molecule has 1 saturated heterocycles. The molecule has 10 heteroatoms. The number of carbonyl (C=O) groups excluding carboxylic acids is 1. The lowest BCUT2D eigenvalue weighted by molar-refractivity contribution is -0.123. The van der Waals surface area contributed by atoms with Crippen LogP contribution in [-0.2, 0) is 11.3 Å². The summed E-state index contributed by atoms with van der Waals surface area (Å²) in [5.41, 5.74) is 1.47. The summed E-state index contributed by atoms with van der Waals surface area (Å²) in [5.74, 6) is 1.58. The normalized spacial score (nSPS) is 17.1. The lowest BCUT2D eigenvalue weighted by Gasteiger charge is -2.21. The lowest BCUT2D eigenvalue weighted by atomic mass is 10.2. The number of fused-ring (bicyclic) bond motifs is 2. The van der Waals surface area contributed by atoms with Crippen molar-refractivity contribution >= 4 is 51.7 Å². The molecule has 4 heterocycles. The molecule has 0 spiro atoms. The zero-order valence-corrected chi connectivity index (χ0v) is 20.2. The standard InChI is InChI=1S/C24H22N4O4S2/c1-3-14(2)28-23(30)19(34-24(28)33)11-16-21(26-20-6-4-5-9-27(20)22(16)29)25-12-15-7-8-17-18(10-15)32-13-31-17/h4-11,14,25H,3,12-13H2,1-2H3/b19-11-/t14-/m1/s1. The van der Waals surface area contributed by atoms with Crippen LogP contribution >= 0.6 is 24.0 Å². The van der Waals surface area contributed by atoms with Crippen molar-refractivity contribution in [1.29, 1.82) is 0 Å². The number of benzene rings is 1. The van der Waals surface area contributed by atoms with Gasteiger partial charge in [-0.15, -0.1) is 0 Å². The minimum atomic E-state index is -0.271. The Balaban J connectivity index is 1.53. The van der Waals surface area contributed by atoms with Crippen LogP contribution in [0.3, 0.4) is 0 Å². The zero-order valence-electron chi connectivity index (χ0n) is 18.6. The molecule has 1 amide bonds. The second-order valence-corrected chi connectivity index (χ2v) is 9.63. The van der Waals surface area contributed by atoms with E-state index in [0.717, 1.165) is 12.0 Å². The molecule has 0 bridgehead atoms. The first-order chi connectivity index (χ1) is 16.5. The van der Waals surface area contributed by atoms with Crippen molar-refractivity contribution in [2.45, 2.75) is 32.9 Å². The van der Waals surface area contributed by atoms with Gasteiger partial charge in [0.15, 0.2) is 11.5 Å². The highest BCUT2D eigenvalue weighted by molar-refractivity contribution is 8.26. The molecule has 1 atom stereocenters. The van der Waals surface area contributed by atoms with Crippen LogP contribution in [0.4, 0.5) is 5.82 Å². The number of thiocarbonyl (C=S) groups is 1. The Kier molecular flexibility index (Phi) is 6.01. The Morgan fingerprint density at radius 2 is 2.06 bits per heavy atom. The fourth-order valence-corrected chi connectivity index (χ4v) is 5.22. The molecular weight excluding hydrogens is 472 g/mol. The Hall–Kier alpha value is -3.37. The zero-order chi connectivity index (χ0) is 23.8. The third-order valence-electron chi connectivity index (χ3n) is 5.80. The number of thioether (sulfide) groups is 1. The average molecular weight is 495 g/mol. The van der Waals surface area contributed by atoms with E-state index in [4.69, 9.17) is 21.7 Å². The molecule has 0 aliphatic carbocycles. The monoisotopic (exact) mass is 494 g/mol. The molecule has 8 nitrogen and oxygen atoms in total. The fourth-order valence-electron chi connectivity index (χ4n) is 3.78. The largest absolute Gasteiger partial charge is 0.454 e. The van der Waals surface area contributed by atoms with Gasteiger partial charge in [-0.25, -0.2) is 4.98 Å². The summed E-state index contributed by atoms with van der Waals surface area (Å²) in [4.78, 5) is 33.1. The average Bonchev–Trinajstić information content (AvgIpc) is 3.42. The van der Waals surface area contributed by atoms with Gasteiger partial charge in [-0.1, -0.05) is 43.0 Å². The first-order valence-corrected chi connectivity index (χ1v) is 12.1. The number of hydrogen-bond acceptors (Lipinski definition) is 8. The molecule has 0 radical (unpaired) electrons. The first-order valence-electron chi connectivity index (χ1n) is 10.9. The van der Waals surface area contributed by atoms with Gasteiger partial charge in [-0.05, 0) is 49.2 Å². The maximum atomic E-state index is 13.4. The van der Waals surface area contributed by atoms with Gasteiger partial charge in [0.2, 0.25) is 6.79 Å². The highest BCUT2D eigenvalue weighted by Crippen LogP contribution is 2.35. The van der Waals surface area contributed by atoms with Gasteiger partial charge in [0.05, 0.1) is 10.5 Å². The van der Waals surface area contributed by atoms with Gasteiger partial charge in [0.25, 0.3) is 11.5 Å². The second-order valence-electron chi connectivity index (χ2n) is 7.96. The molecule has 5 rings (SSSR count). The second kappa shape index (κ2) is 9.11. The van der Waals surface area contributed by atoms with E-state index in [9.17, 15) is 9.59 Å². The number of nitrogens with one attached hydrogen (secondary N) is 1. The summed E-state index contributed by atoms with van der Waals surface area (Å²) >= 11 is 6.65. The van der Waals surface area contributed by atoms with Crippen molar-refractivity contribution in [3.63, 3.8) is 0 Å². The van der Waals surface area contributed by atoms with Crippen molar-refractivity contribution < 1.29 is 14.3 Å². The Morgan fingerprint density at radius 1 is 1.24 bits per heavy atom. The predicted molar refractivity (Wildman–Crippen MR) is 136 cm³/mol. The van der Waals surface area contributed by atoms with E-state index in [1.165, 1.54) is 16.2 Å². The molecule has 0 saturated carbocycles. The molecule has 1 aromatic carbocycles. The number of anilines is 1. The van der Waals surface area contributed by atoms with Crippen molar-refractivity contribution in [1.82, 2.24) is 14.3 Å². The van der Waals surface area contributed by atoms with Crippen molar-refractivity contribution in [2.75, 3.05) is 12.1 Å². The van der Waals surface area contributed by atoms with Crippen molar-refractivity contribution in [3.05, 3.63) is 69.0 Å². The summed E-state index contributed by atoms with van der Waals surface area (Å²) in [6, 6.07) is 11.0. The maximum Gasteiger partial charge on any atom is 0.267 e. The van der Waals surface area contributed by atoms with Crippen molar-refractivity contribution in [2.24, 2.45) is 0 Å². The third kappa shape index (κ3) is 4.03. The van der Waals surface area contributed by atoms with Crippen LogP contribution in [0.25, 0.3) is 11.7 Å². The first kappa shape index (κ1) is 22.4. The number of ether oxygens (including phenoxy) is 2. The number of nitrogens with zero attached hydrogens (tertiary/aromatic N) is 3. The molecule has 2 aliphatic rings. The molecule has 3 aromatic rings.